The fourth-order valence-electron chi connectivity index (χ4n) is 3.21. The highest BCUT2D eigenvalue weighted by atomic mass is 127. The number of carbonyl (C=O) groups excluding carboxylic acids is 1. The van der Waals surface area contributed by atoms with Crippen LogP contribution in [-0.4, -0.2) is 76.4 Å². The van der Waals surface area contributed by atoms with Crippen molar-refractivity contribution in [1.82, 2.24) is 15.5 Å². The van der Waals surface area contributed by atoms with E-state index in [1.165, 1.54) is 32.1 Å². The van der Waals surface area contributed by atoms with Gasteiger partial charge in [-0.3, -0.25) is 4.79 Å². The van der Waals surface area contributed by atoms with E-state index in [1.54, 1.807) is 19.0 Å². The van der Waals surface area contributed by atoms with Gasteiger partial charge in [0.15, 0.2) is 5.96 Å². The third-order valence-electron chi connectivity index (χ3n) is 4.97. The number of nitrogens with zero attached hydrogens (tertiary/aromatic N) is 2. The number of guanidine groups is 1. The first-order valence-corrected chi connectivity index (χ1v) is 10.1. The lowest BCUT2D eigenvalue weighted by molar-refractivity contribution is -0.127. The van der Waals surface area contributed by atoms with Crippen molar-refractivity contribution in [3.63, 3.8) is 0 Å². The van der Waals surface area contributed by atoms with Gasteiger partial charge < -0.3 is 25.0 Å². The van der Waals surface area contributed by atoms with Crippen molar-refractivity contribution >= 4 is 35.8 Å². The molecule has 1 atom stereocenters. The van der Waals surface area contributed by atoms with Gasteiger partial charge in [-0.15, -0.1) is 24.0 Å². The average Bonchev–Trinajstić information content (AvgIpc) is 3.17. The highest BCUT2D eigenvalue weighted by Crippen LogP contribution is 2.20. The summed E-state index contributed by atoms with van der Waals surface area (Å²) >= 11 is 0. The van der Waals surface area contributed by atoms with E-state index in [1.807, 2.05) is 0 Å². The van der Waals surface area contributed by atoms with Crippen LogP contribution in [0.4, 0.5) is 0 Å². The molecular formula is C19H37IN4O3. The molecule has 27 heavy (non-hydrogen) atoms. The van der Waals surface area contributed by atoms with Gasteiger partial charge in [0.1, 0.15) is 6.54 Å². The molecule has 1 saturated carbocycles. The molecule has 0 aromatic rings. The minimum absolute atomic E-state index is 0. The number of aliphatic imine (C=N–C) groups is 1. The first-order valence-electron chi connectivity index (χ1n) is 10.1. The van der Waals surface area contributed by atoms with Gasteiger partial charge in [-0.05, 0) is 25.7 Å². The second-order valence-corrected chi connectivity index (χ2v) is 7.47. The monoisotopic (exact) mass is 496 g/mol. The van der Waals surface area contributed by atoms with Crippen LogP contribution in [0.1, 0.15) is 44.9 Å². The minimum Gasteiger partial charge on any atom is -0.381 e. The SMILES string of the molecule is CN(C)C(=O)CN=C(NCCCOC1CCCCC1)NCC1CCOC1.I. The summed E-state index contributed by atoms with van der Waals surface area (Å²) in [6, 6.07) is 0. The molecule has 158 valence electrons. The molecule has 2 N–H and O–H groups in total. The molecule has 1 unspecified atom stereocenters. The van der Waals surface area contributed by atoms with Crippen LogP contribution >= 0.6 is 24.0 Å². The van der Waals surface area contributed by atoms with Crippen molar-refractivity contribution in [1.29, 1.82) is 0 Å². The van der Waals surface area contributed by atoms with Gasteiger partial charge in [-0.2, -0.15) is 0 Å². The van der Waals surface area contributed by atoms with Crippen LogP contribution in [-0.2, 0) is 14.3 Å². The quantitative estimate of drug-likeness (QED) is 0.221. The predicted molar refractivity (Wildman–Crippen MR) is 119 cm³/mol. The van der Waals surface area contributed by atoms with Crippen molar-refractivity contribution in [3.05, 3.63) is 0 Å². The fourth-order valence-corrected chi connectivity index (χ4v) is 3.21. The van der Waals surface area contributed by atoms with Gasteiger partial charge in [0.25, 0.3) is 0 Å². The van der Waals surface area contributed by atoms with Gasteiger partial charge in [0.05, 0.1) is 12.7 Å². The molecule has 0 radical (unpaired) electrons. The zero-order valence-corrected chi connectivity index (χ0v) is 19.2. The molecule has 1 saturated heterocycles. The van der Waals surface area contributed by atoms with E-state index >= 15 is 0 Å². The van der Waals surface area contributed by atoms with E-state index < -0.39 is 0 Å². The van der Waals surface area contributed by atoms with Crippen LogP contribution in [0.2, 0.25) is 0 Å². The zero-order chi connectivity index (χ0) is 18.6. The van der Waals surface area contributed by atoms with E-state index in [0.717, 1.165) is 45.8 Å². The molecule has 7 nitrogen and oxygen atoms in total. The number of hydrogen-bond donors (Lipinski definition) is 2. The van der Waals surface area contributed by atoms with Crippen LogP contribution in [0.15, 0.2) is 4.99 Å². The van der Waals surface area contributed by atoms with Crippen molar-refractivity contribution < 1.29 is 14.3 Å². The number of carbonyl (C=O) groups is 1. The molecule has 2 fully saturated rings. The lowest BCUT2D eigenvalue weighted by Gasteiger charge is -2.22. The van der Waals surface area contributed by atoms with Crippen LogP contribution in [0.5, 0.6) is 0 Å². The Morgan fingerprint density at radius 3 is 2.63 bits per heavy atom. The lowest BCUT2D eigenvalue weighted by Crippen LogP contribution is -2.41. The van der Waals surface area contributed by atoms with Crippen molar-refractivity contribution in [2.75, 3.05) is 53.6 Å². The van der Waals surface area contributed by atoms with Gasteiger partial charge in [-0.25, -0.2) is 4.99 Å². The number of likely N-dealkylation sites (N-methyl/N-ethyl adjacent to an activating group) is 1. The molecule has 2 rings (SSSR count). The molecule has 1 aliphatic carbocycles. The van der Waals surface area contributed by atoms with Crippen LogP contribution < -0.4 is 10.6 Å². The number of hydrogen-bond acceptors (Lipinski definition) is 4. The highest BCUT2D eigenvalue weighted by Gasteiger charge is 2.16. The van der Waals surface area contributed by atoms with E-state index in [2.05, 4.69) is 15.6 Å². The Morgan fingerprint density at radius 1 is 1.19 bits per heavy atom. The Labute approximate surface area is 181 Å². The predicted octanol–water partition coefficient (Wildman–Crippen LogP) is 2.00. The molecule has 2 aliphatic rings. The molecule has 1 aliphatic heterocycles. The van der Waals surface area contributed by atoms with Gasteiger partial charge in [-0.1, -0.05) is 19.3 Å². The van der Waals surface area contributed by atoms with Crippen LogP contribution in [0, 0.1) is 5.92 Å². The minimum atomic E-state index is -0.00377. The van der Waals surface area contributed by atoms with Crippen molar-refractivity contribution in [2.24, 2.45) is 10.9 Å². The van der Waals surface area contributed by atoms with Crippen LogP contribution in [0.3, 0.4) is 0 Å². The standard InChI is InChI=1S/C19H36N4O3.HI/c1-23(2)18(24)14-22-19(21-13-16-9-12-25-15-16)20-10-6-11-26-17-7-4-3-5-8-17;/h16-17H,3-15H2,1-2H3,(H2,20,21,22);1H. The largest absolute Gasteiger partial charge is 0.381 e. The van der Waals surface area contributed by atoms with Crippen LogP contribution in [0.25, 0.3) is 0 Å². The highest BCUT2D eigenvalue weighted by molar-refractivity contribution is 14.0. The molecule has 1 amide bonds. The summed E-state index contributed by atoms with van der Waals surface area (Å²) in [4.78, 5) is 17.8. The van der Waals surface area contributed by atoms with Gasteiger partial charge >= 0.3 is 0 Å². The first-order chi connectivity index (χ1) is 12.6. The number of halogens is 1. The number of ether oxygens (including phenoxy) is 2. The smallest absolute Gasteiger partial charge is 0.243 e. The Kier molecular flexibility index (Phi) is 13.0. The van der Waals surface area contributed by atoms with Gasteiger partial charge in [0.2, 0.25) is 5.91 Å². The molecular weight excluding hydrogens is 459 g/mol. The summed E-state index contributed by atoms with van der Waals surface area (Å²) in [7, 11) is 3.49. The van der Waals surface area contributed by atoms with E-state index in [-0.39, 0.29) is 36.4 Å². The third kappa shape index (κ3) is 10.5. The van der Waals surface area contributed by atoms with Gasteiger partial charge in [0, 0.05) is 46.3 Å². The zero-order valence-electron chi connectivity index (χ0n) is 16.9. The average molecular weight is 496 g/mol. The van der Waals surface area contributed by atoms with Crippen molar-refractivity contribution in [3.8, 4) is 0 Å². The Morgan fingerprint density at radius 2 is 1.96 bits per heavy atom. The third-order valence-corrected chi connectivity index (χ3v) is 4.97. The summed E-state index contributed by atoms with van der Waals surface area (Å²) in [5.41, 5.74) is 0. The Hall–Kier alpha value is -0.610. The number of rotatable bonds is 9. The second-order valence-electron chi connectivity index (χ2n) is 7.47. The number of amides is 1. The summed E-state index contributed by atoms with van der Waals surface area (Å²) in [5, 5.41) is 6.67. The van der Waals surface area contributed by atoms with E-state index in [0.29, 0.717) is 18.0 Å². The summed E-state index contributed by atoms with van der Waals surface area (Å²) in [6.45, 7) is 4.17. The van der Waals surface area contributed by atoms with E-state index in [4.69, 9.17) is 9.47 Å². The Bertz CT molecular complexity index is 437. The molecule has 1 heterocycles. The second kappa shape index (κ2) is 14.4. The Balaban J connectivity index is 0.00000364. The molecule has 0 aromatic heterocycles. The fraction of sp³-hybridized carbons (Fsp3) is 0.895. The summed E-state index contributed by atoms with van der Waals surface area (Å²) in [6.07, 6.45) is 8.83. The normalized spacial score (nSPS) is 20.8. The maximum absolute atomic E-state index is 11.8. The molecule has 0 bridgehead atoms. The summed E-state index contributed by atoms with van der Waals surface area (Å²) < 4.78 is 11.4. The van der Waals surface area contributed by atoms with E-state index in [9.17, 15) is 4.79 Å². The molecule has 8 heteroatoms. The maximum atomic E-state index is 11.8. The molecule has 0 spiro atoms. The molecule has 0 aromatic carbocycles. The maximum Gasteiger partial charge on any atom is 0.243 e. The summed E-state index contributed by atoms with van der Waals surface area (Å²) in [5.74, 6) is 1.21. The first kappa shape index (κ1) is 24.4. The lowest BCUT2D eigenvalue weighted by atomic mass is 9.98. The topological polar surface area (TPSA) is 75.2 Å². The van der Waals surface area contributed by atoms with Crippen molar-refractivity contribution in [2.45, 2.75) is 51.0 Å². The number of nitrogens with one attached hydrogen (secondary N) is 2.